The first-order valence-electron chi connectivity index (χ1n) is 7.60. The summed E-state index contributed by atoms with van der Waals surface area (Å²) in [6.07, 6.45) is 0. The summed E-state index contributed by atoms with van der Waals surface area (Å²) in [4.78, 5) is 4.94. The Kier molecular flexibility index (Phi) is 5.01. The van der Waals surface area contributed by atoms with Crippen molar-refractivity contribution in [1.82, 2.24) is 4.90 Å². The van der Waals surface area contributed by atoms with Gasteiger partial charge in [0, 0.05) is 49.0 Å². The number of anilines is 1. The number of rotatable bonds is 4. The number of ether oxygens (including phenoxy) is 1. The Hall–Kier alpha value is -1.52. The molecule has 2 aromatic carbocycles. The summed E-state index contributed by atoms with van der Waals surface area (Å²) in [6.45, 7) is 5.33. The second kappa shape index (κ2) is 7.16. The van der Waals surface area contributed by atoms with Crippen molar-refractivity contribution in [3.8, 4) is 5.75 Å². The Bertz CT molecular complexity index is 607. The van der Waals surface area contributed by atoms with Gasteiger partial charge in [-0.2, -0.15) is 0 Å². The molecule has 0 spiro atoms. The Morgan fingerprint density at radius 3 is 2.41 bits per heavy atom. The minimum Gasteiger partial charge on any atom is -0.497 e. The first-order valence-corrected chi connectivity index (χ1v) is 8.40. The zero-order valence-electron chi connectivity index (χ0n) is 12.8. The standard InChI is InChI=1S/C18H21BrN2O/c1-22-18-4-2-3-17(13-18)21-11-9-20(10-12-21)14-15-5-7-16(19)8-6-15/h2-8,13H,9-12,14H2,1H3. The van der Waals surface area contributed by atoms with Crippen LogP contribution in [0.5, 0.6) is 5.75 Å². The summed E-state index contributed by atoms with van der Waals surface area (Å²) < 4.78 is 6.45. The van der Waals surface area contributed by atoms with Crippen molar-refractivity contribution in [1.29, 1.82) is 0 Å². The van der Waals surface area contributed by atoms with Gasteiger partial charge < -0.3 is 9.64 Å². The van der Waals surface area contributed by atoms with Gasteiger partial charge in [0.25, 0.3) is 0 Å². The van der Waals surface area contributed by atoms with Crippen molar-refractivity contribution < 1.29 is 4.74 Å². The molecule has 1 fully saturated rings. The van der Waals surface area contributed by atoms with Crippen LogP contribution in [0.2, 0.25) is 0 Å². The minimum absolute atomic E-state index is 0.926. The fourth-order valence-corrected chi connectivity index (χ4v) is 3.08. The minimum atomic E-state index is 0.926. The molecule has 2 aromatic rings. The van der Waals surface area contributed by atoms with Crippen LogP contribution in [0.25, 0.3) is 0 Å². The lowest BCUT2D eigenvalue weighted by Gasteiger charge is -2.36. The van der Waals surface area contributed by atoms with E-state index in [0.29, 0.717) is 0 Å². The average molecular weight is 361 g/mol. The van der Waals surface area contributed by atoms with E-state index in [1.54, 1.807) is 7.11 Å². The quantitative estimate of drug-likeness (QED) is 0.824. The summed E-state index contributed by atoms with van der Waals surface area (Å²) in [5.41, 5.74) is 2.63. The second-order valence-corrected chi connectivity index (χ2v) is 6.51. The molecule has 0 amide bonds. The van der Waals surface area contributed by atoms with Gasteiger partial charge in [0.1, 0.15) is 5.75 Å². The van der Waals surface area contributed by atoms with Crippen molar-refractivity contribution in [3.05, 3.63) is 58.6 Å². The third kappa shape index (κ3) is 3.81. The largest absolute Gasteiger partial charge is 0.497 e. The number of hydrogen-bond acceptors (Lipinski definition) is 3. The maximum absolute atomic E-state index is 5.31. The van der Waals surface area contributed by atoms with Crippen LogP contribution in [-0.4, -0.2) is 38.2 Å². The molecule has 4 heteroatoms. The summed E-state index contributed by atoms with van der Waals surface area (Å²) in [5.74, 6) is 0.926. The highest BCUT2D eigenvalue weighted by molar-refractivity contribution is 9.10. The first-order chi connectivity index (χ1) is 10.7. The SMILES string of the molecule is COc1cccc(N2CCN(Cc3ccc(Br)cc3)CC2)c1. The summed E-state index contributed by atoms with van der Waals surface area (Å²) >= 11 is 3.49. The van der Waals surface area contributed by atoms with E-state index < -0.39 is 0 Å². The molecule has 3 nitrogen and oxygen atoms in total. The highest BCUT2D eigenvalue weighted by Gasteiger charge is 2.17. The number of benzene rings is 2. The molecule has 0 radical (unpaired) electrons. The third-order valence-electron chi connectivity index (χ3n) is 4.11. The van der Waals surface area contributed by atoms with Gasteiger partial charge in [0.05, 0.1) is 7.11 Å². The van der Waals surface area contributed by atoms with Crippen molar-refractivity contribution in [2.45, 2.75) is 6.54 Å². The highest BCUT2D eigenvalue weighted by Crippen LogP contribution is 2.22. The molecule has 0 unspecified atom stereocenters. The molecule has 1 aliphatic rings. The van der Waals surface area contributed by atoms with Crippen LogP contribution in [0.4, 0.5) is 5.69 Å². The van der Waals surface area contributed by atoms with Gasteiger partial charge in [-0.1, -0.05) is 34.1 Å². The molecule has 1 aliphatic heterocycles. The molecule has 0 aromatic heterocycles. The van der Waals surface area contributed by atoms with Gasteiger partial charge in [-0.15, -0.1) is 0 Å². The van der Waals surface area contributed by atoms with Gasteiger partial charge in [0.2, 0.25) is 0 Å². The van der Waals surface area contributed by atoms with Crippen LogP contribution in [-0.2, 0) is 6.54 Å². The highest BCUT2D eigenvalue weighted by atomic mass is 79.9. The molecule has 22 heavy (non-hydrogen) atoms. The molecule has 116 valence electrons. The van der Waals surface area contributed by atoms with Crippen LogP contribution in [0.1, 0.15) is 5.56 Å². The number of nitrogens with zero attached hydrogens (tertiary/aromatic N) is 2. The van der Waals surface area contributed by atoms with E-state index in [9.17, 15) is 0 Å². The van der Waals surface area contributed by atoms with E-state index >= 15 is 0 Å². The smallest absolute Gasteiger partial charge is 0.120 e. The predicted octanol–water partition coefficient (Wildman–Crippen LogP) is 3.78. The summed E-state index contributed by atoms with van der Waals surface area (Å²) in [7, 11) is 1.72. The maximum atomic E-state index is 5.31. The predicted molar refractivity (Wildman–Crippen MR) is 94.6 cm³/mol. The van der Waals surface area contributed by atoms with Crippen molar-refractivity contribution in [2.24, 2.45) is 0 Å². The van der Waals surface area contributed by atoms with Gasteiger partial charge in [-0.25, -0.2) is 0 Å². The number of piperazine rings is 1. The van der Waals surface area contributed by atoms with Crippen LogP contribution in [0, 0.1) is 0 Å². The normalized spacial score (nSPS) is 15.8. The number of hydrogen-bond donors (Lipinski definition) is 0. The molecule has 0 atom stereocenters. The van der Waals surface area contributed by atoms with Crippen LogP contribution in [0.15, 0.2) is 53.0 Å². The van der Waals surface area contributed by atoms with Crippen molar-refractivity contribution in [3.63, 3.8) is 0 Å². The fourth-order valence-electron chi connectivity index (χ4n) is 2.82. The van der Waals surface area contributed by atoms with E-state index in [2.05, 4.69) is 68.2 Å². The van der Waals surface area contributed by atoms with Crippen LogP contribution in [0.3, 0.4) is 0 Å². The Labute approximate surface area is 140 Å². The van der Waals surface area contributed by atoms with Crippen molar-refractivity contribution in [2.75, 3.05) is 38.2 Å². The lowest BCUT2D eigenvalue weighted by molar-refractivity contribution is 0.250. The first kappa shape index (κ1) is 15.4. The second-order valence-electron chi connectivity index (χ2n) is 5.59. The van der Waals surface area contributed by atoms with Crippen LogP contribution < -0.4 is 9.64 Å². The van der Waals surface area contributed by atoms with E-state index in [0.717, 1.165) is 42.9 Å². The topological polar surface area (TPSA) is 15.7 Å². The molecule has 0 aliphatic carbocycles. The lowest BCUT2D eigenvalue weighted by Crippen LogP contribution is -2.45. The third-order valence-corrected chi connectivity index (χ3v) is 4.64. The molecule has 1 saturated heterocycles. The monoisotopic (exact) mass is 360 g/mol. The van der Waals surface area contributed by atoms with Crippen molar-refractivity contribution >= 4 is 21.6 Å². The van der Waals surface area contributed by atoms with E-state index in [4.69, 9.17) is 4.74 Å². The summed E-state index contributed by atoms with van der Waals surface area (Å²) in [5, 5.41) is 0. The summed E-state index contributed by atoms with van der Waals surface area (Å²) in [6, 6.07) is 16.9. The molecule has 1 heterocycles. The van der Waals surface area contributed by atoms with E-state index in [1.807, 2.05) is 6.07 Å². The average Bonchev–Trinajstić information content (AvgIpc) is 2.58. The zero-order chi connectivity index (χ0) is 15.4. The fraction of sp³-hybridized carbons (Fsp3) is 0.333. The lowest BCUT2D eigenvalue weighted by atomic mass is 10.2. The van der Waals surface area contributed by atoms with E-state index in [1.165, 1.54) is 11.3 Å². The van der Waals surface area contributed by atoms with Gasteiger partial charge >= 0.3 is 0 Å². The molecular weight excluding hydrogens is 340 g/mol. The molecule has 0 saturated carbocycles. The maximum Gasteiger partial charge on any atom is 0.120 e. The Balaban J connectivity index is 1.56. The number of methoxy groups -OCH3 is 1. The van der Waals surface area contributed by atoms with Gasteiger partial charge in [-0.3, -0.25) is 4.90 Å². The zero-order valence-corrected chi connectivity index (χ0v) is 14.4. The Morgan fingerprint density at radius 1 is 1.00 bits per heavy atom. The number of halogens is 1. The molecular formula is C18H21BrN2O. The van der Waals surface area contributed by atoms with Crippen LogP contribution >= 0.6 is 15.9 Å². The molecule has 0 N–H and O–H groups in total. The van der Waals surface area contributed by atoms with E-state index in [-0.39, 0.29) is 0 Å². The van der Waals surface area contributed by atoms with Gasteiger partial charge in [-0.05, 0) is 29.8 Å². The van der Waals surface area contributed by atoms with Gasteiger partial charge in [0.15, 0.2) is 0 Å². The molecule has 3 rings (SSSR count). The molecule has 0 bridgehead atoms. The Morgan fingerprint density at radius 2 is 1.73 bits per heavy atom.